The lowest BCUT2D eigenvalue weighted by atomic mass is 10.1. The van der Waals surface area contributed by atoms with Crippen molar-refractivity contribution >= 4 is 33.1 Å². The summed E-state index contributed by atoms with van der Waals surface area (Å²) >= 11 is 5.05. The molecule has 5 heteroatoms. The third kappa shape index (κ3) is 3.06. The first kappa shape index (κ1) is 12.5. The number of aliphatic hydroxyl groups is 1. The first-order chi connectivity index (χ1) is 8.06. The topological polar surface area (TPSA) is 59.1 Å². The number of halogens is 1. The van der Waals surface area contributed by atoms with Gasteiger partial charge in [-0.15, -0.1) is 11.3 Å². The van der Waals surface area contributed by atoms with E-state index in [2.05, 4.69) is 20.9 Å². The zero-order valence-electron chi connectivity index (χ0n) is 9.35. The fraction of sp³-hybridized carbons (Fsp3) is 0.250. The van der Waals surface area contributed by atoms with Gasteiger partial charge in [-0.25, -0.2) is 4.98 Å². The fourth-order valence-electron chi connectivity index (χ4n) is 1.59. The normalized spacial score (nSPS) is 12.6. The minimum Gasteiger partial charge on any atom is -0.387 e. The number of hydrogen-bond donors (Lipinski definition) is 2. The molecule has 90 valence electrons. The van der Waals surface area contributed by atoms with E-state index in [1.807, 2.05) is 19.1 Å². The van der Waals surface area contributed by atoms with Gasteiger partial charge in [-0.1, -0.05) is 0 Å². The smallest absolute Gasteiger partial charge is 0.123 e. The van der Waals surface area contributed by atoms with Crippen molar-refractivity contribution in [3.8, 4) is 0 Å². The van der Waals surface area contributed by atoms with Crippen LogP contribution in [0.4, 0.5) is 5.82 Å². The maximum atomic E-state index is 10.1. The number of thiophene rings is 1. The summed E-state index contributed by atoms with van der Waals surface area (Å²) in [6.07, 6.45) is 1.72. The summed E-state index contributed by atoms with van der Waals surface area (Å²) in [5, 5.41) is 10.1. The van der Waals surface area contributed by atoms with Crippen LogP contribution in [0, 0.1) is 6.92 Å². The molecule has 0 saturated carbocycles. The fourth-order valence-corrected chi connectivity index (χ4v) is 3.14. The molecule has 0 saturated heterocycles. The van der Waals surface area contributed by atoms with E-state index in [0.29, 0.717) is 12.2 Å². The van der Waals surface area contributed by atoms with Crippen LogP contribution >= 0.6 is 27.3 Å². The van der Waals surface area contributed by atoms with Crippen molar-refractivity contribution in [2.45, 2.75) is 19.4 Å². The maximum Gasteiger partial charge on any atom is 0.123 e. The van der Waals surface area contributed by atoms with Crippen molar-refractivity contribution in [2.75, 3.05) is 5.73 Å². The monoisotopic (exact) mass is 312 g/mol. The molecule has 2 aromatic heterocycles. The van der Waals surface area contributed by atoms with E-state index in [1.165, 1.54) is 4.88 Å². The standard InChI is InChI=1S/C12H13BrN2OS/c1-7-9(13)6-11(17-7)10(16)4-8-2-3-15-12(14)5-8/h2-3,5-6,10,16H,4H2,1H3,(H2,14,15). The van der Waals surface area contributed by atoms with Crippen molar-refractivity contribution in [2.24, 2.45) is 0 Å². The third-order valence-corrected chi connectivity index (χ3v) is 4.72. The Morgan fingerprint density at radius 2 is 2.29 bits per heavy atom. The van der Waals surface area contributed by atoms with Crippen LogP contribution < -0.4 is 5.73 Å². The van der Waals surface area contributed by atoms with Gasteiger partial charge in [-0.05, 0) is 46.6 Å². The van der Waals surface area contributed by atoms with Gasteiger partial charge in [-0.2, -0.15) is 0 Å². The van der Waals surface area contributed by atoms with Gasteiger partial charge in [0.15, 0.2) is 0 Å². The molecule has 0 bridgehead atoms. The molecule has 0 aliphatic heterocycles. The van der Waals surface area contributed by atoms with Crippen LogP contribution in [0.3, 0.4) is 0 Å². The number of hydrogen-bond acceptors (Lipinski definition) is 4. The van der Waals surface area contributed by atoms with Crippen LogP contribution in [0.1, 0.15) is 21.4 Å². The Balaban J connectivity index is 2.14. The predicted octanol–water partition coefficient (Wildman–Crippen LogP) is 3.07. The first-order valence-electron chi connectivity index (χ1n) is 5.20. The number of rotatable bonds is 3. The third-order valence-electron chi connectivity index (χ3n) is 2.48. The highest BCUT2D eigenvalue weighted by atomic mass is 79.9. The molecule has 1 atom stereocenters. The van der Waals surface area contributed by atoms with Gasteiger partial charge < -0.3 is 10.8 Å². The molecular weight excluding hydrogens is 300 g/mol. The van der Waals surface area contributed by atoms with Crippen molar-refractivity contribution in [3.05, 3.63) is 44.2 Å². The Morgan fingerprint density at radius 3 is 2.88 bits per heavy atom. The number of aromatic nitrogens is 1. The molecule has 0 amide bonds. The summed E-state index contributed by atoms with van der Waals surface area (Å²) in [5.74, 6) is 0.484. The number of aliphatic hydroxyl groups excluding tert-OH is 1. The van der Waals surface area contributed by atoms with E-state index < -0.39 is 6.10 Å². The summed E-state index contributed by atoms with van der Waals surface area (Å²) in [5.41, 5.74) is 6.60. The van der Waals surface area contributed by atoms with E-state index in [9.17, 15) is 5.11 Å². The van der Waals surface area contributed by atoms with E-state index in [4.69, 9.17) is 5.73 Å². The number of nitrogens with zero attached hydrogens (tertiary/aromatic N) is 1. The van der Waals surface area contributed by atoms with Crippen LogP contribution in [0.15, 0.2) is 28.9 Å². The van der Waals surface area contributed by atoms with Crippen molar-refractivity contribution in [1.82, 2.24) is 4.98 Å². The lowest BCUT2D eigenvalue weighted by Crippen LogP contribution is -2.00. The molecule has 1 unspecified atom stereocenters. The highest BCUT2D eigenvalue weighted by molar-refractivity contribution is 9.10. The molecule has 2 rings (SSSR count). The quantitative estimate of drug-likeness (QED) is 0.915. The SMILES string of the molecule is Cc1sc(C(O)Cc2ccnc(N)c2)cc1Br. The second-order valence-corrected chi connectivity index (χ2v) is 6.00. The van der Waals surface area contributed by atoms with E-state index in [1.54, 1.807) is 23.6 Å². The lowest BCUT2D eigenvalue weighted by Gasteiger charge is -2.08. The molecule has 0 spiro atoms. The Kier molecular flexibility index (Phi) is 3.81. The Bertz CT molecular complexity index is 507. The number of nitrogen functional groups attached to an aromatic ring is 1. The van der Waals surface area contributed by atoms with Crippen LogP contribution in [0.25, 0.3) is 0 Å². The molecule has 2 aromatic rings. The van der Waals surface area contributed by atoms with E-state index >= 15 is 0 Å². The average molecular weight is 313 g/mol. The molecule has 0 radical (unpaired) electrons. The van der Waals surface area contributed by atoms with E-state index in [-0.39, 0.29) is 0 Å². The number of anilines is 1. The van der Waals surface area contributed by atoms with E-state index in [0.717, 1.165) is 14.9 Å². The summed E-state index contributed by atoms with van der Waals surface area (Å²) < 4.78 is 1.05. The highest BCUT2D eigenvalue weighted by Crippen LogP contribution is 2.32. The highest BCUT2D eigenvalue weighted by Gasteiger charge is 2.13. The average Bonchev–Trinajstić information content (AvgIpc) is 2.59. The summed E-state index contributed by atoms with van der Waals surface area (Å²) in [4.78, 5) is 6.07. The maximum absolute atomic E-state index is 10.1. The van der Waals surface area contributed by atoms with Crippen LogP contribution in [0.5, 0.6) is 0 Å². The van der Waals surface area contributed by atoms with Gasteiger partial charge >= 0.3 is 0 Å². The van der Waals surface area contributed by atoms with Crippen LogP contribution in [-0.4, -0.2) is 10.1 Å². The largest absolute Gasteiger partial charge is 0.387 e. The number of pyridine rings is 1. The molecule has 3 N–H and O–H groups in total. The van der Waals surface area contributed by atoms with Crippen LogP contribution in [0.2, 0.25) is 0 Å². The predicted molar refractivity (Wildman–Crippen MR) is 74.1 cm³/mol. The zero-order valence-corrected chi connectivity index (χ0v) is 11.8. The summed E-state index contributed by atoms with van der Waals surface area (Å²) in [6.45, 7) is 2.02. The van der Waals surface area contributed by atoms with Gasteiger partial charge in [-0.3, -0.25) is 0 Å². The van der Waals surface area contributed by atoms with Crippen molar-refractivity contribution in [3.63, 3.8) is 0 Å². The molecule has 0 aromatic carbocycles. The Morgan fingerprint density at radius 1 is 1.53 bits per heavy atom. The Labute approximate surface area is 112 Å². The summed E-state index contributed by atoms with van der Waals surface area (Å²) in [7, 11) is 0. The van der Waals surface area contributed by atoms with Gasteiger partial charge in [0.25, 0.3) is 0 Å². The first-order valence-corrected chi connectivity index (χ1v) is 6.81. The molecule has 0 aliphatic carbocycles. The van der Waals surface area contributed by atoms with Gasteiger partial charge in [0.05, 0.1) is 6.10 Å². The second-order valence-electron chi connectivity index (χ2n) is 3.86. The van der Waals surface area contributed by atoms with Crippen molar-refractivity contribution in [1.29, 1.82) is 0 Å². The lowest BCUT2D eigenvalue weighted by molar-refractivity contribution is 0.182. The summed E-state index contributed by atoms with van der Waals surface area (Å²) in [6, 6.07) is 5.63. The molecule has 2 heterocycles. The minimum atomic E-state index is -0.494. The second kappa shape index (κ2) is 5.16. The van der Waals surface area contributed by atoms with Crippen LogP contribution in [-0.2, 0) is 6.42 Å². The van der Waals surface area contributed by atoms with Crippen molar-refractivity contribution < 1.29 is 5.11 Å². The number of aryl methyl sites for hydroxylation is 1. The molecule has 0 aliphatic rings. The molecule has 0 fully saturated rings. The van der Waals surface area contributed by atoms with Gasteiger partial charge in [0.1, 0.15) is 5.82 Å². The zero-order chi connectivity index (χ0) is 12.4. The molecule has 3 nitrogen and oxygen atoms in total. The minimum absolute atomic E-state index is 0.484. The molecular formula is C12H13BrN2OS. The van der Waals surface area contributed by atoms with Gasteiger partial charge in [0.2, 0.25) is 0 Å². The van der Waals surface area contributed by atoms with Gasteiger partial charge in [0, 0.05) is 26.8 Å². The number of nitrogens with two attached hydrogens (primary N) is 1. The Hall–Kier alpha value is -0.910. The molecule has 17 heavy (non-hydrogen) atoms.